The quantitative estimate of drug-likeness (QED) is 0.629. The highest BCUT2D eigenvalue weighted by atomic mass is 16.5. The van der Waals surface area contributed by atoms with Gasteiger partial charge in [-0.25, -0.2) is 4.79 Å². The number of benzene rings is 2. The van der Waals surface area contributed by atoms with E-state index in [4.69, 9.17) is 18.9 Å². The second-order valence-electron chi connectivity index (χ2n) is 6.96. The van der Waals surface area contributed by atoms with E-state index in [1.165, 1.54) is 6.92 Å². The summed E-state index contributed by atoms with van der Waals surface area (Å²) >= 11 is 0. The summed E-state index contributed by atoms with van der Waals surface area (Å²) in [7, 11) is 0. The highest BCUT2D eigenvalue weighted by Gasteiger charge is 2.20. The Kier molecular flexibility index (Phi) is 7.68. The van der Waals surface area contributed by atoms with Crippen molar-refractivity contribution < 1.29 is 28.5 Å². The number of ether oxygens (including phenoxy) is 4. The Morgan fingerprint density at radius 3 is 2.37 bits per heavy atom. The molecule has 0 spiro atoms. The maximum absolute atomic E-state index is 12.3. The molecule has 2 aromatic carbocycles. The summed E-state index contributed by atoms with van der Waals surface area (Å²) in [6, 6.07) is 13.6. The van der Waals surface area contributed by atoms with Gasteiger partial charge in [0.2, 0.25) is 0 Å². The van der Waals surface area contributed by atoms with Crippen LogP contribution in [0.3, 0.4) is 0 Å². The van der Waals surface area contributed by atoms with Crippen LogP contribution in [0.15, 0.2) is 48.5 Å². The van der Waals surface area contributed by atoms with Crippen LogP contribution >= 0.6 is 0 Å². The Labute approximate surface area is 176 Å². The molecule has 3 rings (SSSR count). The van der Waals surface area contributed by atoms with E-state index in [0.29, 0.717) is 30.2 Å². The third-order valence-corrected chi connectivity index (χ3v) is 4.64. The maximum Gasteiger partial charge on any atom is 0.338 e. The van der Waals surface area contributed by atoms with Gasteiger partial charge in [0.25, 0.3) is 5.91 Å². The monoisotopic (exact) mass is 413 g/mol. The van der Waals surface area contributed by atoms with Crippen LogP contribution < -0.4 is 14.8 Å². The van der Waals surface area contributed by atoms with Gasteiger partial charge < -0.3 is 24.3 Å². The van der Waals surface area contributed by atoms with Crippen LogP contribution in [0.4, 0.5) is 5.69 Å². The van der Waals surface area contributed by atoms with Crippen molar-refractivity contribution in [1.82, 2.24) is 0 Å². The molecule has 7 nitrogen and oxygen atoms in total. The number of hydrogen-bond donors (Lipinski definition) is 1. The first-order valence-corrected chi connectivity index (χ1v) is 10.1. The van der Waals surface area contributed by atoms with E-state index in [1.54, 1.807) is 48.5 Å². The maximum atomic E-state index is 12.3. The number of carbonyl (C=O) groups excluding carboxylic acids is 2. The predicted octanol–water partition coefficient (Wildman–Crippen LogP) is 3.83. The zero-order chi connectivity index (χ0) is 21.3. The minimum Gasteiger partial charge on any atom is -0.494 e. The molecule has 0 radical (unpaired) electrons. The summed E-state index contributed by atoms with van der Waals surface area (Å²) in [5.41, 5.74) is 0.944. The molecule has 1 aliphatic rings. The van der Waals surface area contributed by atoms with Gasteiger partial charge in [-0.3, -0.25) is 4.79 Å². The summed E-state index contributed by atoms with van der Waals surface area (Å²) < 4.78 is 21.8. The predicted molar refractivity (Wildman–Crippen MR) is 112 cm³/mol. The van der Waals surface area contributed by atoms with E-state index in [-0.39, 0.29) is 6.10 Å². The van der Waals surface area contributed by atoms with Crippen molar-refractivity contribution in [1.29, 1.82) is 0 Å². The van der Waals surface area contributed by atoms with E-state index < -0.39 is 18.0 Å². The lowest BCUT2D eigenvalue weighted by Crippen LogP contribution is -2.30. The Balaban J connectivity index is 1.47. The van der Waals surface area contributed by atoms with Gasteiger partial charge in [0, 0.05) is 12.3 Å². The fraction of sp³-hybridized carbons (Fsp3) is 0.391. The highest BCUT2D eigenvalue weighted by molar-refractivity contribution is 5.97. The van der Waals surface area contributed by atoms with Gasteiger partial charge in [-0.15, -0.1) is 0 Å². The lowest BCUT2D eigenvalue weighted by Gasteiger charge is -2.14. The molecular formula is C23H27NO6. The molecule has 0 aliphatic carbocycles. The van der Waals surface area contributed by atoms with Crippen molar-refractivity contribution in [3.05, 3.63) is 54.1 Å². The molecule has 1 N–H and O–H groups in total. The lowest BCUT2D eigenvalue weighted by molar-refractivity contribution is -0.123. The van der Waals surface area contributed by atoms with Crippen molar-refractivity contribution in [3.8, 4) is 11.5 Å². The largest absolute Gasteiger partial charge is 0.494 e. The van der Waals surface area contributed by atoms with E-state index in [2.05, 4.69) is 5.32 Å². The van der Waals surface area contributed by atoms with E-state index >= 15 is 0 Å². The number of anilines is 1. The van der Waals surface area contributed by atoms with Gasteiger partial charge in [0.15, 0.2) is 6.10 Å². The minimum atomic E-state index is -0.945. The molecule has 1 aliphatic heterocycles. The molecule has 30 heavy (non-hydrogen) atoms. The molecular weight excluding hydrogens is 386 g/mol. The zero-order valence-electron chi connectivity index (χ0n) is 17.3. The second-order valence-corrected chi connectivity index (χ2v) is 6.96. The second kappa shape index (κ2) is 10.6. The number of rotatable bonds is 9. The topological polar surface area (TPSA) is 83.1 Å². The van der Waals surface area contributed by atoms with Gasteiger partial charge >= 0.3 is 5.97 Å². The van der Waals surface area contributed by atoms with Crippen LogP contribution in [0.5, 0.6) is 11.5 Å². The molecule has 1 heterocycles. The van der Waals surface area contributed by atoms with Gasteiger partial charge in [0.05, 0.1) is 18.3 Å². The number of nitrogens with one attached hydrogen (secondary N) is 1. The van der Waals surface area contributed by atoms with Crippen molar-refractivity contribution in [2.24, 2.45) is 0 Å². The van der Waals surface area contributed by atoms with Gasteiger partial charge in [0.1, 0.15) is 18.1 Å². The Bertz CT molecular complexity index is 828. The first-order chi connectivity index (χ1) is 14.5. The fourth-order valence-corrected chi connectivity index (χ4v) is 2.98. The number of amides is 1. The van der Waals surface area contributed by atoms with Crippen molar-refractivity contribution in [2.45, 2.75) is 38.9 Å². The Morgan fingerprint density at radius 2 is 1.73 bits per heavy atom. The third-order valence-electron chi connectivity index (χ3n) is 4.64. The highest BCUT2D eigenvalue weighted by Crippen LogP contribution is 2.18. The first-order valence-electron chi connectivity index (χ1n) is 10.1. The normalized spacial score (nSPS) is 16.5. The van der Waals surface area contributed by atoms with Gasteiger partial charge in [-0.1, -0.05) is 0 Å². The van der Waals surface area contributed by atoms with Crippen molar-refractivity contribution in [2.75, 3.05) is 25.1 Å². The van der Waals surface area contributed by atoms with E-state index in [9.17, 15) is 9.59 Å². The summed E-state index contributed by atoms with van der Waals surface area (Å²) in [6.07, 6.45) is 1.24. The van der Waals surface area contributed by atoms with Crippen LogP contribution in [-0.4, -0.2) is 43.9 Å². The average Bonchev–Trinajstić information content (AvgIpc) is 3.28. The van der Waals surface area contributed by atoms with Crippen molar-refractivity contribution in [3.63, 3.8) is 0 Å². The fourth-order valence-electron chi connectivity index (χ4n) is 2.98. The lowest BCUT2D eigenvalue weighted by atomic mass is 10.2. The van der Waals surface area contributed by atoms with Gasteiger partial charge in [-0.05, 0) is 75.2 Å². The summed E-state index contributed by atoms with van der Waals surface area (Å²) in [5.74, 6) is 0.389. The van der Waals surface area contributed by atoms with Crippen molar-refractivity contribution >= 4 is 17.6 Å². The Morgan fingerprint density at radius 1 is 1.07 bits per heavy atom. The van der Waals surface area contributed by atoms with Crippen LogP contribution in [0, 0.1) is 0 Å². The van der Waals surface area contributed by atoms with E-state index in [1.807, 2.05) is 6.92 Å². The summed E-state index contributed by atoms with van der Waals surface area (Å²) in [5, 5.41) is 2.72. The third kappa shape index (κ3) is 6.22. The average molecular weight is 413 g/mol. The molecule has 160 valence electrons. The molecule has 0 saturated carbocycles. The van der Waals surface area contributed by atoms with Gasteiger partial charge in [-0.2, -0.15) is 0 Å². The molecule has 2 aromatic rings. The number of hydrogen-bond acceptors (Lipinski definition) is 6. The summed E-state index contributed by atoms with van der Waals surface area (Å²) in [6.45, 7) is 5.27. The summed E-state index contributed by atoms with van der Waals surface area (Å²) in [4.78, 5) is 24.6. The molecule has 0 bridgehead atoms. The molecule has 1 saturated heterocycles. The van der Waals surface area contributed by atoms with Crippen LogP contribution in [0.2, 0.25) is 0 Å². The van der Waals surface area contributed by atoms with Crippen LogP contribution in [-0.2, 0) is 14.3 Å². The van der Waals surface area contributed by atoms with Crippen LogP contribution in [0.1, 0.15) is 37.0 Å². The van der Waals surface area contributed by atoms with Crippen LogP contribution in [0.25, 0.3) is 0 Å². The standard InChI is InChI=1S/C23H27NO6/c1-3-27-19-12-8-18(9-13-19)24-22(25)16(2)30-23(26)17-6-10-20(11-7-17)29-15-21-5-4-14-28-21/h6-13,16,21H,3-5,14-15H2,1-2H3,(H,24,25). The minimum absolute atomic E-state index is 0.129. The number of carbonyl (C=O) groups is 2. The molecule has 0 aromatic heterocycles. The molecule has 1 fully saturated rings. The number of esters is 1. The smallest absolute Gasteiger partial charge is 0.338 e. The zero-order valence-corrected chi connectivity index (χ0v) is 17.3. The first kappa shape index (κ1) is 21.6. The molecule has 7 heteroatoms. The molecule has 2 unspecified atom stereocenters. The molecule has 1 amide bonds. The SMILES string of the molecule is CCOc1ccc(NC(=O)C(C)OC(=O)c2ccc(OCC3CCCO3)cc2)cc1. The van der Waals surface area contributed by atoms with E-state index in [0.717, 1.165) is 25.2 Å². The molecule has 2 atom stereocenters. The Hall–Kier alpha value is -3.06.